The zero-order valence-electron chi connectivity index (χ0n) is 13.7. The lowest BCUT2D eigenvalue weighted by atomic mass is 10.2. The first-order chi connectivity index (χ1) is 12.8. The van der Waals surface area contributed by atoms with Gasteiger partial charge in [-0.1, -0.05) is 35.9 Å². The molecule has 0 fully saturated rings. The molecule has 0 saturated carbocycles. The van der Waals surface area contributed by atoms with Gasteiger partial charge in [0.1, 0.15) is 6.33 Å². The van der Waals surface area contributed by atoms with Crippen LogP contribution in [0.3, 0.4) is 0 Å². The van der Waals surface area contributed by atoms with E-state index in [1.54, 1.807) is 10.7 Å². The van der Waals surface area contributed by atoms with E-state index in [1.165, 1.54) is 18.5 Å². The van der Waals surface area contributed by atoms with E-state index in [2.05, 4.69) is 20.7 Å². The van der Waals surface area contributed by atoms with Crippen LogP contribution < -0.4 is 10.6 Å². The van der Waals surface area contributed by atoms with Gasteiger partial charge in [0.05, 0.1) is 12.1 Å². The minimum absolute atomic E-state index is 0.0739. The van der Waals surface area contributed by atoms with Gasteiger partial charge in [-0.15, -0.1) is 5.10 Å². The Kier molecular flexibility index (Phi) is 5.62. The Balaban J connectivity index is 1.62. The maximum absolute atomic E-state index is 12.8. The summed E-state index contributed by atoms with van der Waals surface area (Å²) in [7, 11) is 0. The molecular formula is C17H13ClF3N5S. The number of anilines is 2. The first kappa shape index (κ1) is 19.1. The average Bonchev–Trinajstić information content (AvgIpc) is 3.03. The molecule has 27 heavy (non-hydrogen) atoms. The number of thiocarbonyl (C=S) groups is 1. The van der Waals surface area contributed by atoms with Crippen molar-refractivity contribution in [1.29, 1.82) is 0 Å². The lowest BCUT2D eigenvalue weighted by Crippen LogP contribution is -2.20. The van der Waals surface area contributed by atoms with Crippen molar-refractivity contribution in [3.63, 3.8) is 0 Å². The molecule has 140 valence electrons. The second-order valence-corrected chi connectivity index (χ2v) is 6.33. The van der Waals surface area contributed by atoms with Crippen LogP contribution in [0.2, 0.25) is 5.02 Å². The molecule has 0 aliphatic rings. The van der Waals surface area contributed by atoms with E-state index in [0.29, 0.717) is 11.6 Å². The Labute approximate surface area is 163 Å². The summed E-state index contributed by atoms with van der Waals surface area (Å²) in [6.45, 7) is 0.419. The van der Waals surface area contributed by atoms with Gasteiger partial charge in [0, 0.05) is 10.7 Å². The van der Waals surface area contributed by atoms with Gasteiger partial charge in [-0.05, 0) is 42.0 Å². The van der Waals surface area contributed by atoms with Crippen molar-refractivity contribution in [2.75, 3.05) is 10.6 Å². The molecule has 0 bridgehead atoms. The summed E-state index contributed by atoms with van der Waals surface area (Å²) in [5.74, 6) is 0.214. The second-order valence-electron chi connectivity index (χ2n) is 5.51. The van der Waals surface area contributed by atoms with Crippen LogP contribution in [0.5, 0.6) is 0 Å². The predicted octanol–water partition coefficient (Wildman–Crippen LogP) is 4.81. The summed E-state index contributed by atoms with van der Waals surface area (Å²) < 4.78 is 39.8. The van der Waals surface area contributed by atoms with Crippen LogP contribution in [-0.2, 0) is 12.7 Å². The lowest BCUT2D eigenvalue weighted by molar-refractivity contribution is -0.137. The van der Waals surface area contributed by atoms with Crippen LogP contribution in [0.25, 0.3) is 0 Å². The molecular weight excluding hydrogens is 399 g/mol. The van der Waals surface area contributed by atoms with E-state index >= 15 is 0 Å². The number of alkyl halides is 3. The number of benzene rings is 2. The van der Waals surface area contributed by atoms with E-state index in [0.717, 1.165) is 17.7 Å². The zero-order chi connectivity index (χ0) is 19.4. The summed E-state index contributed by atoms with van der Waals surface area (Å²) in [4.78, 5) is 4.07. The average molecular weight is 412 g/mol. The summed E-state index contributed by atoms with van der Waals surface area (Å²) in [5, 5.41) is 10.3. The van der Waals surface area contributed by atoms with E-state index in [1.807, 2.05) is 18.2 Å². The van der Waals surface area contributed by atoms with Gasteiger partial charge in [-0.3, -0.25) is 5.32 Å². The van der Waals surface area contributed by atoms with E-state index in [-0.39, 0.29) is 16.7 Å². The standard InChI is InChI=1S/C17H13ClF3N5S/c18-14-7-2-1-4-11(14)9-26-10-22-15(25-26)24-16(27)23-13-6-3-5-12(8-13)17(19,20)21/h1-8,10H,9H2,(H2,23,24,25,27). The number of aromatic nitrogens is 3. The molecule has 0 spiro atoms. The second kappa shape index (κ2) is 7.93. The van der Waals surface area contributed by atoms with E-state index in [4.69, 9.17) is 23.8 Å². The minimum Gasteiger partial charge on any atom is -0.332 e. The van der Waals surface area contributed by atoms with Crippen molar-refractivity contribution in [1.82, 2.24) is 14.8 Å². The Morgan fingerprint density at radius 2 is 1.89 bits per heavy atom. The molecule has 0 aliphatic carbocycles. The summed E-state index contributed by atoms with van der Waals surface area (Å²) in [6.07, 6.45) is -2.93. The van der Waals surface area contributed by atoms with Crippen LogP contribution in [0.1, 0.15) is 11.1 Å². The molecule has 0 atom stereocenters. The summed E-state index contributed by atoms with van der Waals surface area (Å²) >= 11 is 11.2. The maximum Gasteiger partial charge on any atom is 0.416 e. The van der Waals surface area contributed by atoms with Crippen LogP contribution >= 0.6 is 23.8 Å². The van der Waals surface area contributed by atoms with Crippen molar-refractivity contribution in [3.8, 4) is 0 Å². The first-order valence-electron chi connectivity index (χ1n) is 7.69. The molecule has 1 heterocycles. The predicted molar refractivity (Wildman–Crippen MR) is 102 cm³/mol. The smallest absolute Gasteiger partial charge is 0.332 e. The summed E-state index contributed by atoms with van der Waals surface area (Å²) in [5.41, 5.74) is 0.315. The molecule has 10 heteroatoms. The van der Waals surface area contributed by atoms with Crippen molar-refractivity contribution in [2.24, 2.45) is 0 Å². The highest BCUT2D eigenvalue weighted by Gasteiger charge is 2.30. The molecule has 3 rings (SSSR count). The van der Waals surface area contributed by atoms with Gasteiger partial charge in [-0.2, -0.15) is 13.2 Å². The largest absolute Gasteiger partial charge is 0.416 e. The van der Waals surface area contributed by atoms with Gasteiger partial charge in [-0.25, -0.2) is 9.67 Å². The molecule has 0 amide bonds. The monoisotopic (exact) mass is 411 g/mol. The van der Waals surface area contributed by atoms with Gasteiger partial charge >= 0.3 is 6.18 Å². The molecule has 5 nitrogen and oxygen atoms in total. The molecule has 0 saturated heterocycles. The normalized spacial score (nSPS) is 11.3. The first-order valence-corrected chi connectivity index (χ1v) is 8.48. The summed E-state index contributed by atoms with van der Waals surface area (Å²) in [6, 6.07) is 12.1. The number of halogens is 4. The molecule has 3 aromatic rings. The zero-order valence-corrected chi connectivity index (χ0v) is 15.2. The fourth-order valence-corrected chi connectivity index (χ4v) is 2.67. The molecule has 0 unspecified atom stereocenters. The van der Waals surface area contributed by atoms with Gasteiger partial charge in [0.25, 0.3) is 0 Å². The molecule has 2 aromatic carbocycles. The van der Waals surface area contributed by atoms with Gasteiger partial charge in [0.15, 0.2) is 5.11 Å². The SMILES string of the molecule is FC(F)(F)c1cccc(NC(=S)Nc2ncn(Cc3ccccc3Cl)n2)c1. The third kappa shape index (κ3) is 5.18. The number of nitrogens with zero attached hydrogens (tertiary/aromatic N) is 3. The number of rotatable bonds is 4. The highest BCUT2D eigenvalue weighted by molar-refractivity contribution is 7.80. The van der Waals surface area contributed by atoms with Crippen LogP contribution in [0.4, 0.5) is 24.8 Å². The topological polar surface area (TPSA) is 54.8 Å². The minimum atomic E-state index is -4.42. The van der Waals surface area contributed by atoms with Crippen molar-refractivity contribution in [3.05, 3.63) is 71.0 Å². The van der Waals surface area contributed by atoms with Crippen molar-refractivity contribution >= 4 is 40.6 Å². The lowest BCUT2D eigenvalue weighted by Gasteiger charge is -2.11. The van der Waals surface area contributed by atoms with Gasteiger partial charge in [0.2, 0.25) is 5.95 Å². The van der Waals surface area contributed by atoms with Crippen LogP contribution in [0.15, 0.2) is 54.9 Å². The molecule has 2 N–H and O–H groups in total. The van der Waals surface area contributed by atoms with Gasteiger partial charge < -0.3 is 5.32 Å². The van der Waals surface area contributed by atoms with Crippen LogP contribution in [-0.4, -0.2) is 19.9 Å². The number of hydrogen-bond acceptors (Lipinski definition) is 3. The van der Waals surface area contributed by atoms with E-state index in [9.17, 15) is 13.2 Å². The Hall–Kier alpha value is -2.65. The molecule has 0 aliphatic heterocycles. The fraction of sp³-hybridized carbons (Fsp3) is 0.118. The number of nitrogens with one attached hydrogen (secondary N) is 2. The molecule has 1 aromatic heterocycles. The highest BCUT2D eigenvalue weighted by Crippen LogP contribution is 2.30. The highest BCUT2D eigenvalue weighted by atomic mass is 35.5. The molecule has 0 radical (unpaired) electrons. The van der Waals surface area contributed by atoms with E-state index < -0.39 is 11.7 Å². The van der Waals surface area contributed by atoms with Crippen LogP contribution in [0, 0.1) is 0 Å². The Morgan fingerprint density at radius 1 is 1.11 bits per heavy atom. The Morgan fingerprint density at radius 3 is 2.63 bits per heavy atom. The Bertz CT molecular complexity index is 957. The quantitative estimate of drug-likeness (QED) is 0.603. The third-order valence-corrected chi connectivity index (χ3v) is 4.07. The third-order valence-electron chi connectivity index (χ3n) is 3.50. The fourth-order valence-electron chi connectivity index (χ4n) is 2.27. The van der Waals surface area contributed by atoms with Crippen molar-refractivity contribution < 1.29 is 13.2 Å². The van der Waals surface area contributed by atoms with Crippen molar-refractivity contribution in [2.45, 2.75) is 12.7 Å². The number of hydrogen-bond donors (Lipinski definition) is 2. The maximum atomic E-state index is 12.8.